The lowest BCUT2D eigenvalue weighted by Gasteiger charge is -2.31. The van der Waals surface area contributed by atoms with E-state index in [1.807, 2.05) is 0 Å². The summed E-state index contributed by atoms with van der Waals surface area (Å²) in [5, 5.41) is 3.55. The minimum absolute atomic E-state index is 0.186. The van der Waals surface area contributed by atoms with E-state index in [0.29, 0.717) is 17.9 Å². The third-order valence-corrected chi connectivity index (χ3v) is 4.50. The van der Waals surface area contributed by atoms with E-state index in [1.54, 1.807) is 6.34 Å². The quantitative estimate of drug-likeness (QED) is 0.894. The molecule has 1 saturated heterocycles. The highest BCUT2D eigenvalue weighted by atomic mass is 15.2. The first-order valence-electron chi connectivity index (χ1n) is 7.27. The van der Waals surface area contributed by atoms with E-state index < -0.39 is 0 Å². The van der Waals surface area contributed by atoms with Crippen molar-refractivity contribution in [1.29, 1.82) is 0 Å². The highest BCUT2D eigenvalue weighted by Crippen LogP contribution is 2.31. The maximum atomic E-state index is 4.56. The largest absolute Gasteiger partial charge is 0.358 e. The summed E-state index contributed by atoms with van der Waals surface area (Å²) in [5.41, 5.74) is 1.31. The highest BCUT2D eigenvalue weighted by Gasteiger charge is 2.43. The molecule has 0 radical (unpaired) electrons. The maximum Gasteiger partial charge on any atom is 0.113 e. The molecule has 1 N–H and O–H groups in total. The van der Waals surface area contributed by atoms with E-state index in [4.69, 9.17) is 0 Å². The Kier molecular flexibility index (Phi) is 3.57. The van der Waals surface area contributed by atoms with Crippen molar-refractivity contribution in [2.24, 2.45) is 21.8 Å². The second-order valence-corrected chi connectivity index (χ2v) is 5.88. The maximum absolute atomic E-state index is 4.56. The Bertz CT molecular complexity index is 523. The van der Waals surface area contributed by atoms with Crippen LogP contribution in [0.2, 0.25) is 0 Å². The fraction of sp³-hybridized carbons (Fsp3) is 0.500. The van der Waals surface area contributed by atoms with Crippen molar-refractivity contribution in [1.82, 2.24) is 10.2 Å². The van der Waals surface area contributed by atoms with Gasteiger partial charge in [-0.1, -0.05) is 37.3 Å². The molecule has 20 heavy (non-hydrogen) atoms. The van der Waals surface area contributed by atoms with Crippen molar-refractivity contribution in [3.05, 3.63) is 35.9 Å². The number of hydrogen-bond acceptors (Lipinski definition) is 4. The van der Waals surface area contributed by atoms with Crippen molar-refractivity contribution < 1.29 is 0 Å². The van der Waals surface area contributed by atoms with Gasteiger partial charge in [0.05, 0.1) is 5.92 Å². The number of hydrogen-bond donors (Lipinski definition) is 1. The molecule has 0 aliphatic carbocycles. The van der Waals surface area contributed by atoms with E-state index >= 15 is 0 Å². The van der Waals surface area contributed by atoms with Crippen molar-refractivity contribution in [3.63, 3.8) is 0 Å². The second-order valence-electron chi connectivity index (χ2n) is 5.88. The molecule has 4 atom stereocenters. The van der Waals surface area contributed by atoms with Gasteiger partial charge in [0.25, 0.3) is 0 Å². The molecule has 106 valence electrons. The van der Waals surface area contributed by atoms with Crippen LogP contribution in [0.3, 0.4) is 0 Å². The third-order valence-electron chi connectivity index (χ3n) is 4.50. The van der Waals surface area contributed by atoms with Crippen LogP contribution in [0.25, 0.3) is 0 Å². The zero-order valence-electron chi connectivity index (χ0n) is 12.3. The third kappa shape index (κ3) is 2.36. The number of benzene rings is 1. The number of amidine groups is 1. The molecule has 0 amide bonds. The molecular formula is C16H22N4. The van der Waals surface area contributed by atoms with Gasteiger partial charge in [0.15, 0.2) is 0 Å². The van der Waals surface area contributed by atoms with Crippen LogP contribution in [0, 0.1) is 11.8 Å². The van der Waals surface area contributed by atoms with Crippen LogP contribution in [-0.2, 0) is 6.54 Å². The molecule has 2 aliphatic rings. The van der Waals surface area contributed by atoms with Gasteiger partial charge in [-0.2, -0.15) is 0 Å². The van der Waals surface area contributed by atoms with Gasteiger partial charge in [-0.05, 0) is 18.4 Å². The van der Waals surface area contributed by atoms with E-state index in [0.717, 1.165) is 12.4 Å². The summed E-state index contributed by atoms with van der Waals surface area (Å²) in [7, 11) is 2.12. The fourth-order valence-corrected chi connectivity index (χ4v) is 3.18. The van der Waals surface area contributed by atoms with Gasteiger partial charge in [-0.15, -0.1) is 0 Å². The summed E-state index contributed by atoms with van der Waals surface area (Å²) in [4.78, 5) is 11.3. The molecule has 1 aromatic carbocycles. The molecule has 1 fully saturated rings. The predicted octanol–water partition coefficient (Wildman–Crippen LogP) is 2.13. The molecule has 4 heteroatoms. The van der Waals surface area contributed by atoms with Crippen molar-refractivity contribution in [3.8, 4) is 0 Å². The molecule has 0 spiro atoms. The molecule has 0 bridgehead atoms. The molecule has 0 saturated carbocycles. The Balaban J connectivity index is 1.79. The SMILES string of the molecule is CC1NC2N=CN=C(N(C)Cc3ccccc3)C2C1C. The number of fused-ring (bicyclic) bond motifs is 1. The first-order chi connectivity index (χ1) is 9.66. The Morgan fingerprint density at radius 2 is 1.95 bits per heavy atom. The summed E-state index contributed by atoms with van der Waals surface area (Å²) in [6, 6.07) is 11.0. The molecule has 4 nitrogen and oxygen atoms in total. The van der Waals surface area contributed by atoms with Gasteiger partial charge >= 0.3 is 0 Å². The van der Waals surface area contributed by atoms with Crippen molar-refractivity contribution in [2.45, 2.75) is 32.6 Å². The monoisotopic (exact) mass is 270 g/mol. The molecule has 3 rings (SSSR count). The normalized spacial score (nSPS) is 31.9. The number of rotatable bonds is 2. The molecule has 1 aromatic rings. The van der Waals surface area contributed by atoms with Gasteiger partial charge in [-0.3, -0.25) is 10.3 Å². The lowest BCUT2D eigenvalue weighted by Crippen LogP contribution is -2.42. The highest BCUT2D eigenvalue weighted by molar-refractivity contribution is 5.93. The summed E-state index contributed by atoms with van der Waals surface area (Å²) in [6.45, 7) is 5.40. The molecule has 2 heterocycles. The van der Waals surface area contributed by atoms with Crippen LogP contribution >= 0.6 is 0 Å². The minimum Gasteiger partial charge on any atom is -0.358 e. The average molecular weight is 270 g/mol. The summed E-state index contributed by atoms with van der Waals surface area (Å²) < 4.78 is 0. The smallest absolute Gasteiger partial charge is 0.113 e. The topological polar surface area (TPSA) is 40.0 Å². The Hall–Kier alpha value is -1.68. The molecule has 0 aromatic heterocycles. The van der Waals surface area contributed by atoms with Gasteiger partial charge in [-0.25, -0.2) is 4.99 Å². The lowest BCUT2D eigenvalue weighted by molar-refractivity contribution is 0.396. The first kappa shape index (κ1) is 13.3. The molecular weight excluding hydrogens is 248 g/mol. The average Bonchev–Trinajstić information content (AvgIpc) is 2.75. The Morgan fingerprint density at radius 1 is 1.20 bits per heavy atom. The van der Waals surface area contributed by atoms with E-state index in [-0.39, 0.29) is 6.17 Å². The zero-order valence-corrected chi connectivity index (χ0v) is 12.3. The van der Waals surface area contributed by atoms with Crippen LogP contribution in [0.1, 0.15) is 19.4 Å². The molecule has 4 unspecified atom stereocenters. The van der Waals surface area contributed by atoms with Gasteiger partial charge in [0.1, 0.15) is 18.3 Å². The van der Waals surface area contributed by atoms with E-state index in [2.05, 4.69) is 71.4 Å². The van der Waals surface area contributed by atoms with E-state index in [1.165, 1.54) is 5.56 Å². The predicted molar refractivity (Wildman–Crippen MR) is 82.9 cm³/mol. The zero-order chi connectivity index (χ0) is 14.1. The van der Waals surface area contributed by atoms with Gasteiger partial charge in [0.2, 0.25) is 0 Å². The van der Waals surface area contributed by atoms with E-state index in [9.17, 15) is 0 Å². The Morgan fingerprint density at radius 3 is 2.70 bits per heavy atom. The second kappa shape index (κ2) is 5.37. The van der Waals surface area contributed by atoms with Crippen LogP contribution in [0.5, 0.6) is 0 Å². The Labute approximate surface area is 120 Å². The lowest BCUT2D eigenvalue weighted by atomic mass is 9.89. The number of nitrogens with one attached hydrogen (secondary N) is 1. The van der Waals surface area contributed by atoms with Gasteiger partial charge < -0.3 is 4.90 Å². The van der Waals surface area contributed by atoms with Crippen LogP contribution in [0.15, 0.2) is 40.3 Å². The van der Waals surface area contributed by atoms with Crippen LogP contribution < -0.4 is 5.32 Å². The van der Waals surface area contributed by atoms with Crippen LogP contribution in [-0.4, -0.2) is 36.3 Å². The summed E-state index contributed by atoms with van der Waals surface area (Å²) in [6.07, 6.45) is 1.89. The number of nitrogens with zero attached hydrogens (tertiary/aromatic N) is 3. The first-order valence-corrected chi connectivity index (χ1v) is 7.27. The number of aliphatic imine (C=N–C) groups is 2. The fourth-order valence-electron chi connectivity index (χ4n) is 3.18. The minimum atomic E-state index is 0.186. The summed E-state index contributed by atoms with van der Waals surface area (Å²) in [5.74, 6) is 2.08. The van der Waals surface area contributed by atoms with Crippen molar-refractivity contribution >= 4 is 12.2 Å². The van der Waals surface area contributed by atoms with Gasteiger partial charge in [0, 0.05) is 19.6 Å². The molecule has 2 aliphatic heterocycles. The standard InChI is InChI=1S/C16H22N4/c1-11-12(2)19-15-14(11)16(18-10-17-15)20(3)9-13-7-5-4-6-8-13/h4-8,10-12,14-15,19H,9H2,1-3H3. The van der Waals surface area contributed by atoms with Crippen LogP contribution in [0.4, 0.5) is 0 Å². The van der Waals surface area contributed by atoms with Crippen molar-refractivity contribution in [2.75, 3.05) is 7.05 Å². The summed E-state index contributed by atoms with van der Waals surface area (Å²) >= 11 is 0.